The first-order chi connectivity index (χ1) is 10.5. The van der Waals surface area contributed by atoms with Gasteiger partial charge in [-0.2, -0.15) is 0 Å². The van der Waals surface area contributed by atoms with Crippen LogP contribution in [0, 0.1) is 5.92 Å². The number of likely N-dealkylation sites (tertiary alicyclic amines) is 1. The van der Waals surface area contributed by atoms with E-state index in [1.165, 1.54) is 0 Å². The van der Waals surface area contributed by atoms with E-state index < -0.39 is 5.60 Å². The number of carbonyl (C=O) groups is 1. The van der Waals surface area contributed by atoms with E-state index in [-0.39, 0.29) is 5.91 Å². The highest BCUT2D eigenvalue weighted by atomic mass is 35.5. The number of rotatable bonds is 2. The second-order valence-electron chi connectivity index (χ2n) is 6.49. The Balaban J connectivity index is 1.72. The number of piperidine rings is 1. The Morgan fingerprint density at radius 2 is 2.05 bits per heavy atom. The highest BCUT2D eigenvalue weighted by molar-refractivity contribution is 6.34. The lowest BCUT2D eigenvalue weighted by Crippen LogP contribution is -2.50. The summed E-state index contributed by atoms with van der Waals surface area (Å²) < 4.78 is 0. The second-order valence-corrected chi connectivity index (χ2v) is 6.90. The van der Waals surface area contributed by atoms with Crippen molar-refractivity contribution in [2.45, 2.75) is 38.7 Å². The maximum Gasteiger partial charge on any atom is 0.269 e. The molecule has 22 heavy (non-hydrogen) atoms. The minimum Gasteiger partial charge on any atom is -0.379 e. The normalized spacial score (nSPS) is 25.8. The maximum absolute atomic E-state index is 12.8. The predicted molar refractivity (Wildman–Crippen MR) is 87.1 cm³/mol. The van der Waals surface area contributed by atoms with E-state index >= 15 is 0 Å². The first-order valence-electron chi connectivity index (χ1n) is 7.79. The van der Waals surface area contributed by atoms with Crippen molar-refractivity contribution in [2.24, 2.45) is 11.1 Å². The van der Waals surface area contributed by atoms with Gasteiger partial charge in [-0.25, -0.2) is 0 Å². The van der Waals surface area contributed by atoms with Gasteiger partial charge in [0.2, 0.25) is 5.60 Å². The van der Waals surface area contributed by atoms with Crippen molar-refractivity contribution in [1.82, 2.24) is 4.90 Å². The lowest BCUT2D eigenvalue weighted by Gasteiger charge is -2.34. The van der Waals surface area contributed by atoms with E-state index in [2.05, 4.69) is 12.1 Å². The molecular formula is C17H21ClN2O2. The molecule has 5 heteroatoms. The van der Waals surface area contributed by atoms with Crippen LogP contribution in [0.2, 0.25) is 5.02 Å². The fraction of sp³-hybridized carbons (Fsp3) is 0.529. The van der Waals surface area contributed by atoms with E-state index in [4.69, 9.17) is 16.4 Å². The summed E-state index contributed by atoms with van der Waals surface area (Å²) in [6.45, 7) is 5.66. The molecule has 1 fully saturated rings. The first kappa shape index (κ1) is 15.3. The zero-order valence-electron chi connectivity index (χ0n) is 13.0. The number of hydrogen-bond donors (Lipinski definition) is 0. The van der Waals surface area contributed by atoms with Crippen LogP contribution >= 0.6 is 11.6 Å². The molecule has 2 heterocycles. The van der Waals surface area contributed by atoms with Gasteiger partial charge in [-0.1, -0.05) is 41.9 Å². The average Bonchev–Trinajstić information content (AvgIpc) is 2.91. The van der Waals surface area contributed by atoms with E-state index in [1.807, 2.05) is 36.1 Å². The number of halogens is 1. The zero-order valence-corrected chi connectivity index (χ0v) is 13.8. The number of oxime groups is 1. The van der Waals surface area contributed by atoms with Gasteiger partial charge in [0.25, 0.3) is 5.91 Å². The Hall–Kier alpha value is -1.55. The SMILES string of the molecule is CC1CCN(C(=O)[C@]2(C)CC(c3ccccc3Cl)=NO2)CC1. The van der Waals surface area contributed by atoms with Crippen molar-refractivity contribution in [1.29, 1.82) is 0 Å². The summed E-state index contributed by atoms with van der Waals surface area (Å²) in [5.74, 6) is 0.724. The summed E-state index contributed by atoms with van der Waals surface area (Å²) in [4.78, 5) is 20.2. The van der Waals surface area contributed by atoms with Gasteiger partial charge >= 0.3 is 0 Å². The van der Waals surface area contributed by atoms with E-state index in [0.29, 0.717) is 17.4 Å². The van der Waals surface area contributed by atoms with Crippen LogP contribution in [0.15, 0.2) is 29.4 Å². The van der Waals surface area contributed by atoms with Crippen LogP contribution < -0.4 is 0 Å². The lowest BCUT2D eigenvalue weighted by molar-refractivity contribution is -0.154. The molecule has 3 rings (SSSR count). The van der Waals surface area contributed by atoms with Crippen molar-refractivity contribution in [3.05, 3.63) is 34.9 Å². The molecule has 1 aromatic carbocycles. The molecule has 0 aliphatic carbocycles. The molecule has 1 saturated heterocycles. The molecule has 4 nitrogen and oxygen atoms in total. The predicted octanol–water partition coefficient (Wildman–Crippen LogP) is 3.48. The van der Waals surface area contributed by atoms with Gasteiger partial charge in [0.15, 0.2) is 0 Å². The summed E-state index contributed by atoms with van der Waals surface area (Å²) in [6.07, 6.45) is 2.57. The Kier molecular flexibility index (Phi) is 4.13. The quantitative estimate of drug-likeness (QED) is 0.837. The number of hydrogen-bond acceptors (Lipinski definition) is 3. The Bertz CT molecular complexity index is 608. The molecule has 1 atom stereocenters. The van der Waals surface area contributed by atoms with Crippen LogP contribution in [0.5, 0.6) is 0 Å². The molecule has 2 aliphatic rings. The summed E-state index contributed by atoms with van der Waals surface area (Å²) >= 11 is 6.21. The lowest BCUT2D eigenvalue weighted by atomic mass is 9.92. The Morgan fingerprint density at radius 3 is 2.73 bits per heavy atom. The fourth-order valence-electron chi connectivity index (χ4n) is 3.04. The van der Waals surface area contributed by atoms with Gasteiger partial charge in [-0.05, 0) is 31.7 Å². The fourth-order valence-corrected chi connectivity index (χ4v) is 3.29. The Labute approximate surface area is 136 Å². The van der Waals surface area contributed by atoms with Crippen LogP contribution in [-0.2, 0) is 9.63 Å². The van der Waals surface area contributed by atoms with Gasteiger partial charge < -0.3 is 9.74 Å². The Morgan fingerprint density at radius 1 is 1.36 bits per heavy atom. The molecule has 1 aromatic rings. The van der Waals surface area contributed by atoms with E-state index in [1.54, 1.807) is 0 Å². The summed E-state index contributed by atoms with van der Waals surface area (Å²) in [6, 6.07) is 7.51. The maximum atomic E-state index is 12.8. The summed E-state index contributed by atoms with van der Waals surface area (Å²) in [5.41, 5.74) is 0.675. The number of benzene rings is 1. The first-order valence-corrected chi connectivity index (χ1v) is 8.17. The van der Waals surface area contributed by atoms with E-state index in [9.17, 15) is 4.79 Å². The van der Waals surface area contributed by atoms with Crippen molar-refractivity contribution in [2.75, 3.05) is 13.1 Å². The standard InChI is InChI=1S/C17H21ClN2O2/c1-12-7-9-20(10-8-12)16(21)17(2)11-15(19-22-17)13-5-3-4-6-14(13)18/h3-6,12H,7-11H2,1-2H3/t17-/m0/s1. The molecule has 0 radical (unpaired) electrons. The van der Waals surface area contributed by atoms with Gasteiger partial charge in [0.05, 0.1) is 5.71 Å². The molecule has 0 aromatic heterocycles. The smallest absolute Gasteiger partial charge is 0.269 e. The monoisotopic (exact) mass is 320 g/mol. The molecule has 2 aliphatic heterocycles. The third-order valence-corrected chi connectivity index (χ3v) is 4.90. The minimum atomic E-state index is -0.908. The van der Waals surface area contributed by atoms with Gasteiger partial charge in [0.1, 0.15) is 0 Å². The van der Waals surface area contributed by atoms with Crippen molar-refractivity contribution in [3.8, 4) is 0 Å². The highest BCUT2D eigenvalue weighted by Gasteiger charge is 2.45. The molecular weight excluding hydrogens is 300 g/mol. The van der Waals surface area contributed by atoms with Crippen LogP contribution in [0.4, 0.5) is 0 Å². The molecule has 1 amide bonds. The molecule has 0 spiro atoms. The minimum absolute atomic E-state index is 0.0326. The van der Waals surface area contributed by atoms with E-state index in [0.717, 1.165) is 37.2 Å². The van der Waals surface area contributed by atoms with Crippen molar-refractivity contribution in [3.63, 3.8) is 0 Å². The number of nitrogens with zero attached hydrogens (tertiary/aromatic N) is 2. The third kappa shape index (κ3) is 2.84. The number of amides is 1. The summed E-state index contributed by atoms with van der Waals surface area (Å²) in [5, 5.41) is 4.77. The largest absolute Gasteiger partial charge is 0.379 e. The average molecular weight is 321 g/mol. The van der Waals surface area contributed by atoms with Gasteiger partial charge in [-0.3, -0.25) is 4.79 Å². The molecule has 0 saturated carbocycles. The zero-order chi connectivity index (χ0) is 15.7. The molecule has 0 N–H and O–H groups in total. The second kappa shape index (κ2) is 5.92. The molecule has 0 bridgehead atoms. The topological polar surface area (TPSA) is 41.9 Å². The van der Waals surface area contributed by atoms with Crippen molar-refractivity contribution >= 4 is 23.2 Å². The van der Waals surface area contributed by atoms with Crippen molar-refractivity contribution < 1.29 is 9.63 Å². The van der Waals surface area contributed by atoms with Crippen LogP contribution in [0.3, 0.4) is 0 Å². The van der Waals surface area contributed by atoms with Crippen LogP contribution in [-0.4, -0.2) is 35.2 Å². The van der Waals surface area contributed by atoms with Gasteiger partial charge in [-0.15, -0.1) is 0 Å². The van der Waals surface area contributed by atoms with Gasteiger partial charge in [0, 0.05) is 30.1 Å². The third-order valence-electron chi connectivity index (χ3n) is 4.57. The van der Waals surface area contributed by atoms with Crippen LogP contribution in [0.25, 0.3) is 0 Å². The summed E-state index contributed by atoms with van der Waals surface area (Å²) in [7, 11) is 0. The highest BCUT2D eigenvalue weighted by Crippen LogP contribution is 2.32. The molecule has 0 unspecified atom stereocenters. The van der Waals surface area contributed by atoms with Crippen LogP contribution in [0.1, 0.15) is 38.7 Å². The molecule has 118 valence electrons. The number of carbonyl (C=O) groups excluding carboxylic acids is 1.